The van der Waals surface area contributed by atoms with Crippen molar-refractivity contribution < 1.29 is 0 Å². The highest BCUT2D eigenvalue weighted by Gasteiger charge is 2.09. The van der Waals surface area contributed by atoms with E-state index in [1.165, 1.54) is 0 Å². The van der Waals surface area contributed by atoms with Gasteiger partial charge in [-0.15, -0.1) is 0 Å². The number of hydrogen-bond donors (Lipinski definition) is 2. The van der Waals surface area contributed by atoms with Crippen molar-refractivity contribution in [3.8, 4) is 11.8 Å². The minimum absolute atomic E-state index is 0.504. The molecule has 0 fully saturated rings. The van der Waals surface area contributed by atoms with Crippen LogP contribution in [0.5, 0.6) is 0 Å². The molecule has 118 valence electrons. The Morgan fingerprint density at radius 2 is 2.04 bits per heavy atom. The minimum atomic E-state index is 0.504. The molecule has 0 amide bonds. The number of nitriles is 1. The zero-order chi connectivity index (χ0) is 16.8. The molecule has 1 aromatic heterocycles. The van der Waals surface area contributed by atoms with Crippen LogP contribution < -0.4 is 10.7 Å². The molecule has 0 spiro atoms. The van der Waals surface area contributed by atoms with Crippen LogP contribution in [-0.4, -0.2) is 22.4 Å². The predicted molar refractivity (Wildman–Crippen MR) is 97.0 cm³/mol. The van der Waals surface area contributed by atoms with E-state index in [9.17, 15) is 0 Å². The topological polar surface area (TPSA) is 65.1 Å². The monoisotopic (exact) mass is 325 g/mol. The second-order valence-corrected chi connectivity index (χ2v) is 5.46. The average molecular weight is 325 g/mol. The Morgan fingerprint density at radius 3 is 2.65 bits per heavy atom. The van der Waals surface area contributed by atoms with Crippen LogP contribution in [0.1, 0.15) is 29.4 Å². The number of nitrogens with one attached hydrogen (secondary N) is 2. The first-order chi connectivity index (χ1) is 11.1. The van der Waals surface area contributed by atoms with E-state index in [0.717, 1.165) is 29.2 Å². The standard InChI is InChI=1S/C17H19N5S/c1-4-19-17(23)21-20-11-15-9-12(2)22(13(15)3)16-7-5-14(10-18)6-8-16/h5-9,11H,4H2,1-3H3,(H2,19,21,23)/b20-11-. The molecule has 0 saturated carbocycles. The fourth-order valence-electron chi connectivity index (χ4n) is 2.36. The maximum absolute atomic E-state index is 8.90. The molecule has 6 heteroatoms. The molecule has 0 aliphatic carbocycles. The lowest BCUT2D eigenvalue weighted by Crippen LogP contribution is -2.31. The van der Waals surface area contributed by atoms with E-state index in [2.05, 4.69) is 32.5 Å². The van der Waals surface area contributed by atoms with Gasteiger partial charge in [-0.3, -0.25) is 5.43 Å². The normalized spacial score (nSPS) is 10.5. The first kappa shape index (κ1) is 16.7. The van der Waals surface area contributed by atoms with Crippen LogP contribution in [0.2, 0.25) is 0 Å². The second kappa shape index (κ2) is 7.56. The van der Waals surface area contributed by atoms with Crippen molar-refractivity contribution in [2.75, 3.05) is 6.54 Å². The molecular formula is C17H19N5S. The van der Waals surface area contributed by atoms with E-state index < -0.39 is 0 Å². The van der Waals surface area contributed by atoms with Crippen molar-refractivity contribution in [2.24, 2.45) is 5.10 Å². The summed E-state index contributed by atoms with van der Waals surface area (Å²) in [6.07, 6.45) is 1.76. The van der Waals surface area contributed by atoms with Gasteiger partial charge in [-0.2, -0.15) is 10.4 Å². The Labute approximate surface area is 141 Å². The predicted octanol–water partition coefficient (Wildman–Crippen LogP) is 2.78. The summed E-state index contributed by atoms with van der Waals surface area (Å²) in [6.45, 7) is 6.81. The molecular weight excluding hydrogens is 306 g/mol. The summed E-state index contributed by atoms with van der Waals surface area (Å²) in [6, 6.07) is 11.7. The summed E-state index contributed by atoms with van der Waals surface area (Å²) in [5.41, 5.74) is 7.65. The number of hydrogen-bond acceptors (Lipinski definition) is 3. The molecule has 0 atom stereocenters. The molecule has 2 rings (SSSR count). The fraction of sp³-hybridized carbons (Fsp3) is 0.235. The lowest BCUT2D eigenvalue weighted by Gasteiger charge is -2.09. The van der Waals surface area contributed by atoms with Crippen LogP contribution >= 0.6 is 12.2 Å². The van der Waals surface area contributed by atoms with E-state index in [0.29, 0.717) is 10.7 Å². The van der Waals surface area contributed by atoms with Gasteiger partial charge in [-0.25, -0.2) is 0 Å². The molecule has 1 aromatic carbocycles. The van der Waals surface area contributed by atoms with Gasteiger partial charge in [0.15, 0.2) is 5.11 Å². The van der Waals surface area contributed by atoms with Crippen molar-refractivity contribution in [1.29, 1.82) is 5.26 Å². The Hall–Kier alpha value is -2.65. The van der Waals surface area contributed by atoms with Gasteiger partial charge in [0, 0.05) is 29.2 Å². The molecule has 0 aliphatic rings. The summed E-state index contributed by atoms with van der Waals surface area (Å²) in [4.78, 5) is 0. The number of hydrazone groups is 1. The minimum Gasteiger partial charge on any atom is -0.362 e. The summed E-state index contributed by atoms with van der Waals surface area (Å²) in [5, 5.41) is 16.5. The van der Waals surface area contributed by atoms with Gasteiger partial charge >= 0.3 is 0 Å². The molecule has 2 N–H and O–H groups in total. The van der Waals surface area contributed by atoms with E-state index in [4.69, 9.17) is 17.5 Å². The second-order valence-electron chi connectivity index (χ2n) is 5.05. The molecule has 2 aromatic rings. The molecule has 1 heterocycles. The van der Waals surface area contributed by atoms with E-state index in [1.54, 1.807) is 6.21 Å². The van der Waals surface area contributed by atoms with Crippen molar-refractivity contribution in [3.05, 3.63) is 52.8 Å². The Balaban J connectivity index is 2.23. The quantitative estimate of drug-likeness (QED) is 0.515. The van der Waals surface area contributed by atoms with Crippen LogP contribution in [0.4, 0.5) is 0 Å². The van der Waals surface area contributed by atoms with E-state index in [-0.39, 0.29) is 0 Å². The highest BCUT2D eigenvalue weighted by molar-refractivity contribution is 7.80. The number of rotatable bonds is 4. The van der Waals surface area contributed by atoms with Crippen molar-refractivity contribution >= 4 is 23.5 Å². The van der Waals surface area contributed by atoms with Crippen LogP contribution in [0.25, 0.3) is 5.69 Å². The Kier molecular flexibility index (Phi) is 5.50. The van der Waals surface area contributed by atoms with Crippen molar-refractivity contribution in [3.63, 3.8) is 0 Å². The number of nitrogens with zero attached hydrogens (tertiary/aromatic N) is 3. The lowest BCUT2D eigenvalue weighted by atomic mass is 10.2. The number of benzene rings is 1. The van der Waals surface area contributed by atoms with Crippen LogP contribution in [0.3, 0.4) is 0 Å². The van der Waals surface area contributed by atoms with Crippen LogP contribution in [-0.2, 0) is 0 Å². The highest BCUT2D eigenvalue weighted by atomic mass is 32.1. The molecule has 23 heavy (non-hydrogen) atoms. The van der Waals surface area contributed by atoms with Crippen LogP contribution in [0, 0.1) is 25.2 Å². The van der Waals surface area contributed by atoms with Gasteiger partial charge in [0.25, 0.3) is 0 Å². The summed E-state index contributed by atoms with van der Waals surface area (Å²) in [7, 11) is 0. The number of aromatic nitrogens is 1. The Morgan fingerprint density at radius 1 is 1.35 bits per heavy atom. The molecule has 0 unspecified atom stereocenters. The summed E-state index contributed by atoms with van der Waals surface area (Å²) < 4.78 is 2.13. The smallest absolute Gasteiger partial charge is 0.186 e. The van der Waals surface area contributed by atoms with Gasteiger partial charge in [0.05, 0.1) is 17.8 Å². The zero-order valence-corrected chi connectivity index (χ0v) is 14.2. The SMILES string of the molecule is CCNC(=S)N/N=C\c1cc(C)n(-c2ccc(C#N)cc2)c1C. The third-order valence-electron chi connectivity index (χ3n) is 3.43. The Bertz CT molecular complexity index is 766. The van der Waals surface area contributed by atoms with Gasteiger partial charge in [0.2, 0.25) is 0 Å². The van der Waals surface area contributed by atoms with Crippen molar-refractivity contribution in [2.45, 2.75) is 20.8 Å². The third-order valence-corrected chi connectivity index (χ3v) is 3.67. The largest absolute Gasteiger partial charge is 0.362 e. The molecule has 0 bridgehead atoms. The lowest BCUT2D eigenvalue weighted by molar-refractivity contribution is 0.903. The van der Waals surface area contributed by atoms with Crippen molar-refractivity contribution in [1.82, 2.24) is 15.3 Å². The molecule has 0 radical (unpaired) electrons. The number of aryl methyl sites for hydroxylation is 1. The van der Waals surface area contributed by atoms with Crippen LogP contribution in [0.15, 0.2) is 35.4 Å². The van der Waals surface area contributed by atoms with E-state index in [1.807, 2.05) is 45.0 Å². The van der Waals surface area contributed by atoms with Gasteiger partial charge in [0.1, 0.15) is 0 Å². The first-order valence-corrected chi connectivity index (χ1v) is 7.74. The van der Waals surface area contributed by atoms with Gasteiger partial charge in [-0.05, 0) is 63.3 Å². The number of thiocarbonyl (C=S) groups is 1. The molecule has 0 saturated heterocycles. The molecule has 0 aliphatic heterocycles. The average Bonchev–Trinajstić information content (AvgIpc) is 2.82. The maximum Gasteiger partial charge on any atom is 0.186 e. The summed E-state index contributed by atoms with van der Waals surface area (Å²) >= 11 is 5.07. The van der Waals surface area contributed by atoms with Gasteiger partial charge < -0.3 is 9.88 Å². The highest BCUT2D eigenvalue weighted by Crippen LogP contribution is 2.20. The van der Waals surface area contributed by atoms with Gasteiger partial charge in [-0.1, -0.05) is 0 Å². The first-order valence-electron chi connectivity index (χ1n) is 7.33. The molecule has 5 nitrogen and oxygen atoms in total. The summed E-state index contributed by atoms with van der Waals surface area (Å²) in [5.74, 6) is 0. The zero-order valence-electron chi connectivity index (χ0n) is 13.4. The fourth-order valence-corrected chi connectivity index (χ4v) is 2.56. The third kappa shape index (κ3) is 3.96. The van der Waals surface area contributed by atoms with E-state index >= 15 is 0 Å². The maximum atomic E-state index is 8.90.